The summed E-state index contributed by atoms with van der Waals surface area (Å²) in [7, 11) is 2.01. The summed E-state index contributed by atoms with van der Waals surface area (Å²) >= 11 is 0. The summed E-state index contributed by atoms with van der Waals surface area (Å²) in [4.78, 5) is 31.0. The van der Waals surface area contributed by atoms with E-state index in [-0.39, 0.29) is 11.9 Å². The van der Waals surface area contributed by atoms with Gasteiger partial charge in [-0.25, -0.2) is 0 Å². The van der Waals surface area contributed by atoms with Crippen LogP contribution in [0.2, 0.25) is 0 Å². The van der Waals surface area contributed by atoms with Crippen LogP contribution in [0.25, 0.3) is 5.76 Å². The molecule has 5 rings (SSSR count). The first kappa shape index (κ1) is 26.5. The summed E-state index contributed by atoms with van der Waals surface area (Å²) in [6.07, 6.45) is 9.00. The monoisotopic (exact) mass is 507 g/mol. The minimum Gasteiger partial charge on any atom is -0.489 e. The fourth-order valence-corrected chi connectivity index (χ4v) is 4.62. The van der Waals surface area contributed by atoms with Crippen molar-refractivity contribution < 1.29 is 19.1 Å². The second-order valence-electron chi connectivity index (χ2n) is 9.94. The van der Waals surface area contributed by atoms with Gasteiger partial charge in [-0.3, -0.25) is 9.59 Å². The van der Waals surface area contributed by atoms with E-state index in [2.05, 4.69) is 24.1 Å². The second kappa shape index (κ2) is 11.6. The third-order valence-electron chi connectivity index (χ3n) is 7.12. The van der Waals surface area contributed by atoms with Crippen LogP contribution in [0.1, 0.15) is 54.7 Å². The topological polar surface area (TPSA) is 111 Å². The molecule has 1 aromatic heterocycles. The van der Waals surface area contributed by atoms with Crippen molar-refractivity contribution in [3.63, 3.8) is 0 Å². The molecule has 3 N–H and O–H groups in total. The van der Waals surface area contributed by atoms with Crippen LogP contribution in [0.5, 0.6) is 11.5 Å². The highest BCUT2D eigenvalue weighted by Gasteiger charge is 2.36. The van der Waals surface area contributed by atoms with Gasteiger partial charge < -0.3 is 35.0 Å². The summed E-state index contributed by atoms with van der Waals surface area (Å²) < 4.78 is 11.8. The Bertz CT molecular complexity index is 1170. The zero-order valence-electron chi connectivity index (χ0n) is 22.0. The molecule has 0 spiro atoms. The maximum Gasteiger partial charge on any atom is 0.255 e. The van der Waals surface area contributed by atoms with Gasteiger partial charge in [-0.1, -0.05) is 13.8 Å². The van der Waals surface area contributed by atoms with Gasteiger partial charge in [0.25, 0.3) is 5.91 Å². The van der Waals surface area contributed by atoms with E-state index in [4.69, 9.17) is 14.9 Å². The quantitative estimate of drug-likeness (QED) is 0.284. The van der Waals surface area contributed by atoms with Gasteiger partial charge in [0.1, 0.15) is 18.1 Å². The van der Waals surface area contributed by atoms with Gasteiger partial charge in [-0.2, -0.15) is 0 Å². The smallest absolute Gasteiger partial charge is 0.255 e. The molecule has 1 saturated carbocycles. The molecule has 3 heterocycles. The molecule has 3 aliphatic rings. The number of ether oxygens (including phenoxy) is 2. The van der Waals surface area contributed by atoms with Gasteiger partial charge in [-0.15, -0.1) is 0 Å². The van der Waals surface area contributed by atoms with Crippen LogP contribution in [-0.2, 0) is 4.79 Å². The van der Waals surface area contributed by atoms with Crippen molar-refractivity contribution in [1.29, 1.82) is 5.41 Å². The highest BCUT2D eigenvalue weighted by molar-refractivity contribution is 5.98. The molecule has 2 aromatic rings. The van der Waals surface area contributed by atoms with Crippen molar-refractivity contribution in [3.8, 4) is 11.5 Å². The molecule has 1 aromatic carbocycles. The largest absolute Gasteiger partial charge is 0.489 e. The number of nitrogens with one attached hydrogen (secondary N) is 3. The van der Waals surface area contributed by atoms with Gasteiger partial charge in [-0.05, 0) is 56.8 Å². The molecule has 1 aliphatic carbocycles. The number of fused-ring (bicyclic) bond motifs is 1. The molecule has 9 nitrogen and oxygen atoms in total. The molecule has 1 saturated heterocycles. The average molecular weight is 508 g/mol. The van der Waals surface area contributed by atoms with Crippen LogP contribution in [0.4, 0.5) is 5.69 Å². The zero-order valence-corrected chi connectivity index (χ0v) is 22.0. The normalized spacial score (nSPS) is 18.7. The zero-order chi connectivity index (χ0) is 26.5. The number of nitrogens with zero attached hydrogens (tertiary/aromatic N) is 2. The molecular weight excluding hydrogens is 470 g/mol. The van der Waals surface area contributed by atoms with E-state index in [9.17, 15) is 9.59 Å². The lowest BCUT2D eigenvalue weighted by molar-refractivity contribution is -0.107. The van der Waals surface area contributed by atoms with E-state index < -0.39 is 0 Å². The van der Waals surface area contributed by atoms with Gasteiger partial charge in [0.05, 0.1) is 23.5 Å². The molecule has 1 atom stereocenters. The van der Waals surface area contributed by atoms with E-state index >= 15 is 0 Å². The van der Waals surface area contributed by atoms with E-state index in [1.54, 1.807) is 29.3 Å². The van der Waals surface area contributed by atoms with Gasteiger partial charge in [0.2, 0.25) is 6.41 Å². The molecule has 2 fully saturated rings. The van der Waals surface area contributed by atoms with Gasteiger partial charge in [0, 0.05) is 43.2 Å². The molecule has 198 valence electrons. The first-order chi connectivity index (χ1) is 17.9. The van der Waals surface area contributed by atoms with Gasteiger partial charge >= 0.3 is 0 Å². The van der Waals surface area contributed by atoms with E-state index in [0.717, 1.165) is 37.2 Å². The first-order valence-electron chi connectivity index (χ1n) is 12.9. The van der Waals surface area contributed by atoms with Crippen molar-refractivity contribution >= 4 is 30.0 Å². The summed E-state index contributed by atoms with van der Waals surface area (Å²) in [5.41, 5.74) is 2.72. The highest BCUT2D eigenvalue weighted by atomic mass is 16.5. The van der Waals surface area contributed by atoms with Crippen molar-refractivity contribution in [2.75, 3.05) is 31.6 Å². The average Bonchev–Trinajstić information content (AvgIpc) is 3.63. The predicted octanol–water partition coefficient (Wildman–Crippen LogP) is 3.99. The number of H-pyrrole nitrogens is 1. The van der Waals surface area contributed by atoms with Crippen LogP contribution in [-0.4, -0.2) is 67.2 Å². The van der Waals surface area contributed by atoms with Crippen molar-refractivity contribution in [2.24, 2.45) is 5.92 Å². The second-order valence-corrected chi connectivity index (χ2v) is 9.94. The number of likely N-dealkylation sites (tertiary alicyclic amines) is 1. The van der Waals surface area contributed by atoms with Crippen LogP contribution < -0.4 is 19.7 Å². The lowest BCUT2D eigenvalue weighted by atomic mass is 9.91. The third kappa shape index (κ3) is 5.88. The predicted molar refractivity (Wildman–Crippen MR) is 145 cm³/mol. The maximum absolute atomic E-state index is 13.1. The Balaban J connectivity index is 0.000000572. The summed E-state index contributed by atoms with van der Waals surface area (Å²) in [5.74, 6) is 1.93. The lowest BCUT2D eigenvalue weighted by Crippen LogP contribution is -2.53. The maximum atomic E-state index is 13.1. The van der Waals surface area contributed by atoms with Crippen molar-refractivity contribution in [3.05, 3.63) is 47.3 Å². The Hall–Kier alpha value is -3.59. The number of carbonyl (C=O) groups excluding carboxylic acids is 2. The minimum atomic E-state index is 0.0142. The molecule has 9 heteroatoms. The number of amides is 2. The standard InChI is InChI=1S/C24H28N4O4.C4H9N/c1-15(2)19-7-9-28(19)24(30)18-13-26-23(16(18)3)21(6-8-25)32-17-4-5-20-22(12-17)31-11-10-27(20)14-29;1-5-4-2-3-4/h4-6,8,12-15,19,25-26H,7,9-11H2,1-3H3;4-5H,2-3H2,1H3/b21-6+,25-8?;. The Morgan fingerprint density at radius 1 is 1.27 bits per heavy atom. The fourth-order valence-electron chi connectivity index (χ4n) is 4.62. The van der Waals surface area contributed by atoms with E-state index in [0.29, 0.717) is 53.3 Å². The van der Waals surface area contributed by atoms with Crippen LogP contribution in [0, 0.1) is 18.3 Å². The Morgan fingerprint density at radius 2 is 2.05 bits per heavy atom. The van der Waals surface area contributed by atoms with Crippen molar-refractivity contribution in [2.45, 2.75) is 52.1 Å². The molecule has 0 bridgehead atoms. The summed E-state index contributed by atoms with van der Waals surface area (Å²) in [5, 5.41) is 10.7. The lowest BCUT2D eigenvalue weighted by Gasteiger charge is -2.43. The Morgan fingerprint density at radius 3 is 2.62 bits per heavy atom. The number of benzene rings is 1. The van der Waals surface area contributed by atoms with E-state index in [1.807, 2.05) is 18.9 Å². The molecule has 2 amide bonds. The first-order valence-corrected chi connectivity index (χ1v) is 12.9. The number of carbonyl (C=O) groups is 2. The van der Waals surface area contributed by atoms with E-state index in [1.165, 1.54) is 18.9 Å². The molecule has 37 heavy (non-hydrogen) atoms. The number of hydrogen-bond donors (Lipinski definition) is 3. The van der Waals surface area contributed by atoms with Crippen LogP contribution >= 0.6 is 0 Å². The third-order valence-corrected chi connectivity index (χ3v) is 7.12. The van der Waals surface area contributed by atoms with Crippen LogP contribution in [0.3, 0.4) is 0 Å². The molecule has 1 unspecified atom stereocenters. The summed E-state index contributed by atoms with van der Waals surface area (Å²) in [6, 6.07) is 6.40. The Kier molecular flexibility index (Phi) is 8.33. The number of aromatic amines is 1. The molecule has 2 aliphatic heterocycles. The number of rotatable bonds is 8. The molecular formula is C28H37N5O4. The van der Waals surface area contributed by atoms with Crippen LogP contribution in [0.15, 0.2) is 30.5 Å². The molecule has 0 radical (unpaired) electrons. The minimum absolute atomic E-state index is 0.0142. The number of allylic oxidation sites excluding steroid dienone is 1. The van der Waals surface area contributed by atoms with Gasteiger partial charge in [0.15, 0.2) is 5.76 Å². The van der Waals surface area contributed by atoms with Crippen molar-refractivity contribution in [1.82, 2.24) is 15.2 Å². The number of hydrogen-bond acceptors (Lipinski definition) is 6. The SMILES string of the molecule is CNC1CC1.Cc1c(C(=O)N2CCC2C(C)C)c[nH]c1/C(=C\C=N)Oc1ccc2c(c1)OCCN2C=O. The summed E-state index contributed by atoms with van der Waals surface area (Å²) in [6.45, 7) is 7.83. The Labute approximate surface area is 218 Å². The highest BCUT2D eigenvalue weighted by Crippen LogP contribution is 2.36. The number of aromatic nitrogens is 1. The fraction of sp³-hybridized carbons (Fsp3) is 0.464. The number of anilines is 1.